The molecule has 0 unspecified atom stereocenters. The highest BCUT2D eigenvalue weighted by Crippen LogP contribution is 2.30. The van der Waals surface area contributed by atoms with E-state index >= 15 is 0 Å². The fraction of sp³-hybridized carbons (Fsp3) is 0.250. The molecular formula is C28H28N4O4S. The molecular weight excluding hydrogens is 488 g/mol. The lowest BCUT2D eigenvalue weighted by atomic mass is 9.88. The summed E-state index contributed by atoms with van der Waals surface area (Å²) in [6.07, 6.45) is 1.63. The van der Waals surface area contributed by atoms with Crippen LogP contribution in [0.25, 0.3) is 0 Å². The molecule has 1 heterocycles. The lowest BCUT2D eigenvalue weighted by Gasteiger charge is -2.32. The van der Waals surface area contributed by atoms with Crippen LogP contribution in [0.5, 0.6) is 0 Å². The molecule has 0 aliphatic carbocycles. The zero-order chi connectivity index (χ0) is 26.6. The summed E-state index contributed by atoms with van der Waals surface area (Å²) in [6.45, 7) is 4.40. The standard InChI is InChI=1S/C28H28N4O4S/c1-19-3-8-25(31-37(35,36)26-11-9-24(10-12-26)30-20(2)33)17-27(19)28(34)32-15-13-23(14-16-32)22-6-4-21(18-29)5-7-22/h3-12,17,23,31H,13-16H2,1-2H3,(H,30,33). The zero-order valence-electron chi connectivity index (χ0n) is 20.7. The molecule has 2 N–H and O–H groups in total. The third kappa shape index (κ3) is 6.16. The third-order valence-corrected chi connectivity index (χ3v) is 7.90. The molecule has 1 aliphatic rings. The van der Waals surface area contributed by atoms with Crippen LogP contribution in [0, 0.1) is 18.3 Å². The third-order valence-electron chi connectivity index (χ3n) is 6.50. The minimum absolute atomic E-state index is 0.0416. The van der Waals surface area contributed by atoms with Gasteiger partial charge in [0.1, 0.15) is 0 Å². The van der Waals surface area contributed by atoms with E-state index in [0.29, 0.717) is 41.5 Å². The van der Waals surface area contributed by atoms with Gasteiger partial charge in [0.15, 0.2) is 0 Å². The Morgan fingerprint density at radius 1 is 0.946 bits per heavy atom. The van der Waals surface area contributed by atoms with Crippen LogP contribution in [0.15, 0.2) is 71.6 Å². The Morgan fingerprint density at radius 2 is 1.57 bits per heavy atom. The maximum atomic E-state index is 13.3. The number of sulfonamides is 1. The van der Waals surface area contributed by atoms with Gasteiger partial charge >= 0.3 is 0 Å². The van der Waals surface area contributed by atoms with Crippen LogP contribution in [-0.4, -0.2) is 38.2 Å². The van der Waals surface area contributed by atoms with Gasteiger partial charge in [-0.05, 0) is 85.3 Å². The summed E-state index contributed by atoms with van der Waals surface area (Å²) in [5, 5.41) is 11.6. The van der Waals surface area contributed by atoms with Crippen LogP contribution in [0.3, 0.4) is 0 Å². The fourth-order valence-electron chi connectivity index (χ4n) is 4.47. The van der Waals surface area contributed by atoms with Crippen LogP contribution < -0.4 is 10.0 Å². The molecule has 8 nitrogen and oxygen atoms in total. The van der Waals surface area contributed by atoms with Crippen molar-refractivity contribution < 1.29 is 18.0 Å². The number of aryl methyl sites for hydroxylation is 1. The predicted molar refractivity (Wildman–Crippen MR) is 142 cm³/mol. The molecule has 37 heavy (non-hydrogen) atoms. The molecule has 0 aromatic heterocycles. The first kappa shape index (κ1) is 25.9. The number of nitriles is 1. The van der Waals surface area contributed by atoms with Crippen LogP contribution >= 0.6 is 0 Å². The van der Waals surface area contributed by atoms with Gasteiger partial charge in [0.05, 0.1) is 16.5 Å². The van der Waals surface area contributed by atoms with E-state index in [-0.39, 0.29) is 16.7 Å². The number of benzene rings is 3. The Bertz CT molecular complexity index is 1450. The van der Waals surface area contributed by atoms with Gasteiger partial charge < -0.3 is 10.2 Å². The second-order valence-electron chi connectivity index (χ2n) is 9.14. The van der Waals surface area contributed by atoms with E-state index in [4.69, 9.17) is 5.26 Å². The maximum Gasteiger partial charge on any atom is 0.261 e. The van der Waals surface area contributed by atoms with Crippen molar-refractivity contribution >= 4 is 33.2 Å². The van der Waals surface area contributed by atoms with Gasteiger partial charge in [-0.3, -0.25) is 14.3 Å². The quantitative estimate of drug-likeness (QED) is 0.494. The maximum absolute atomic E-state index is 13.3. The molecule has 0 radical (unpaired) electrons. The van der Waals surface area contributed by atoms with Gasteiger partial charge in [-0.15, -0.1) is 0 Å². The first-order valence-corrected chi connectivity index (χ1v) is 13.4. The number of likely N-dealkylation sites (tertiary alicyclic amines) is 1. The molecule has 1 aliphatic heterocycles. The number of nitrogens with one attached hydrogen (secondary N) is 2. The molecule has 4 rings (SSSR count). The van der Waals surface area contributed by atoms with E-state index in [9.17, 15) is 18.0 Å². The summed E-state index contributed by atoms with van der Waals surface area (Å²) in [7, 11) is -3.89. The van der Waals surface area contributed by atoms with Crippen molar-refractivity contribution in [3.05, 3.63) is 89.0 Å². The fourth-order valence-corrected chi connectivity index (χ4v) is 5.52. The number of carbonyl (C=O) groups excluding carboxylic acids is 2. The monoisotopic (exact) mass is 516 g/mol. The van der Waals surface area contributed by atoms with Gasteiger partial charge in [-0.2, -0.15) is 5.26 Å². The highest BCUT2D eigenvalue weighted by atomic mass is 32.2. The van der Waals surface area contributed by atoms with Crippen molar-refractivity contribution in [3.63, 3.8) is 0 Å². The molecule has 1 fully saturated rings. The molecule has 0 saturated carbocycles. The topological polar surface area (TPSA) is 119 Å². The van der Waals surface area contributed by atoms with Crippen molar-refractivity contribution in [1.29, 1.82) is 5.26 Å². The number of nitrogens with zero attached hydrogens (tertiary/aromatic N) is 2. The van der Waals surface area contributed by atoms with Gasteiger partial charge in [-0.1, -0.05) is 18.2 Å². The average molecular weight is 517 g/mol. The molecule has 2 amide bonds. The Kier molecular flexibility index (Phi) is 7.60. The second-order valence-corrected chi connectivity index (χ2v) is 10.8. The number of anilines is 2. The van der Waals surface area contributed by atoms with Gasteiger partial charge in [-0.25, -0.2) is 8.42 Å². The summed E-state index contributed by atoms with van der Waals surface area (Å²) >= 11 is 0. The number of amides is 2. The van der Waals surface area contributed by atoms with Crippen LogP contribution in [0.4, 0.5) is 11.4 Å². The summed E-state index contributed by atoms with van der Waals surface area (Å²) < 4.78 is 28.4. The number of hydrogen-bond acceptors (Lipinski definition) is 5. The molecule has 3 aromatic rings. The normalized spacial score (nSPS) is 14.0. The first-order valence-electron chi connectivity index (χ1n) is 12.0. The van der Waals surface area contributed by atoms with Crippen LogP contribution in [0.1, 0.15) is 52.7 Å². The molecule has 190 valence electrons. The van der Waals surface area contributed by atoms with E-state index in [1.165, 1.54) is 36.8 Å². The molecule has 0 atom stereocenters. The summed E-state index contributed by atoms with van der Waals surface area (Å²) in [6, 6.07) is 20.5. The minimum atomic E-state index is -3.89. The summed E-state index contributed by atoms with van der Waals surface area (Å²) in [5.41, 5.74) is 3.82. The second kappa shape index (κ2) is 10.8. The Balaban J connectivity index is 1.44. The molecule has 0 bridgehead atoms. The van der Waals surface area contributed by atoms with Crippen LogP contribution in [0.2, 0.25) is 0 Å². The van der Waals surface area contributed by atoms with Crippen molar-refractivity contribution in [2.45, 2.75) is 37.5 Å². The van der Waals surface area contributed by atoms with Gasteiger partial charge in [0.2, 0.25) is 5.91 Å². The van der Waals surface area contributed by atoms with Gasteiger partial charge in [0, 0.05) is 37.0 Å². The molecule has 9 heteroatoms. The Labute approximate surface area is 217 Å². The number of piperidine rings is 1. The van der Waals surface area contributed by atoms with Crippen LogP contribution in [-0.2, 0) is 14.8 Å². The molecule has 3 aromatic carbocycles. The van der Waals surface area contributed by atoms with Crippen molar-refractivity contribution in [2.24, 2.45) is 0 Å². The summed E-state index contributed by atoms with van der Waals surface area (Å²) in [5.74, 6) is -0.0476. The minimum Gasteiger partial charge on any atom is -0.339 e. The Hall–Kier alpha value is -4.16. The summed E-state index contributed by atoms with van der Waals surface area (Å²) in [4.78, 5) is 26.4. The highest BCUT2D eigenvalue weighted by Gasteiger charge is 2.26. The number of carbonyl (C=O) groups is 2. The van der Waals surface area contributed by atoms with Crippen molar-refractivity contribution in [1.82, 2.24) is 4.90 Å². The SMILES string of the molecule is CC(=O)Nc1ccc(S(=O)(=O)Nc2ccc(C)c(C(=O)N3CCC(c4ccc(C#N)cc4)CC3)c2)cc1. The lowest BCUT2D eigenvalue weighted by Crippen LogP contribution is -2.38. The lowest BCUT2D eigenvalue weighted by molar-refractivity contribution is -0.114. The first-order chi connectivity index (χ1) is 17.7. The van der Waals surface area contributed by atoms with E-state index in [0.717, 1.165) is 18.4 Å². The largest absolute Gasteiger partial charge is 0.339 e. The highest BCUT2D eigenvalue weighted by molar-refractivity contribution is 7.92. The van der Waals surface area contributed by atoms with Gasteiger partial charge in [0.25, 0.3) is 15.9 Å². The molecule has 0 spiro atoms. The van der Waals surface area contributed by atoms with E-state index in [1.54, 1.807) is 18.2 Å². The van der Waals surface area contributed by atoms with E-state index < -0.39 is 10.0 Å². The van der Waals surface area contributed by atoms with E-state index in [1.807, 2.05) is 36.1 Å². The van der Waals surface area contributed by atoms with Crippen molar-refractivity contribution in [3.8, 4) is 6.07 Å². The number of hydrogen-bond donors (Lipinski definition) is 2. The zero-order valence-corrected chi connectivity index (χ0v) is 21.5. The Morgan fingerprint density at radius 3 is 2.16 bits per heavy atom. The average Bonchev–Trinajstić information content (AvgIpc) is 2.89. The smallest absolute Gasteiger partial charge is 0.261 e. The molecule has 1 saturated heterocycles. The van der Waals surface area contributed by atoms with E-state index in [2.05, 4.69) is 16.1 Å². The number of rotatable bonds is 6. The van der Waals surface area contributed by atoms with Crippen molar-refractivity contribution in [2.75, 3.05) is 23.1 Å². The predicted octanol–water partition coefficient (Wildman–Crippen LogP) is 4.65.